The first-order valence-corrected chi connectivity index (χ1v) is 8.00. The van der Waals surface area contributed by atoms with Gasteiger partial charge in [0.1, 0.15) is 16.8 Å². The summed E-state index contributed by atoms with van der Waals surface area (Å²) in [5, 5.41) is 0.540. The van der Waals surface area contributed by atoms with E-state index in [0.29, 0.717) is 11.1 Å². The molecular formula is C15H26ClN5. The number of nitrogens with zero attached hydrogens (tertiary/aromatic N) is 5. The fourth-order valence-corrected chi connectivity index (χ4v) is 2.57. The Kier molecular flexibility index (Phi) is 5.79. The largest absolute Gasteiger partial charge is 0.354 e. The second-order valence-corrected chi connectivity index (χ2v) is 6.58. The third-order valence-corrected chi connectivity index (χ3v) is 3.97. The van der Waals surface area contributed by atoms with Crippen molar-refractivity contribution in [2.45, 2.75) is 19.8 Å². The number of hydrogen-bond acceptors (Lipinski definition) is 5. The lowest BCUT2D eigenvalue weighted by atomic mass is 10.2. The molecular weight excluding hydrogens is 286 g/mol. The van der Waals surface area contributed by atoms with Gasteiger partial charge in [-0.05, 0) is 14.1 Å². The topological polar surface area (TPSA) is 35.5 Å². The van der Waals surface area contributed by atoms with Gasteiger partial charge in [0.15, 0.2) is 0 Å². The van der Waals surface area contributed by atoms with Crippen LogP contribution in [0.15, 0.2) is 6.07 Å². The SMILES string of the molecule is CC(C)c1nc(Cl)cc(N2CCN(CCN(C)C)CC2)n1. The van der Waals surface area contributed by atoms with Gasteiger partial charge in [0.05, 0.1) is 0 Å². The van der Waals surface area contributed by atoms with Crippen LogP contribution in [0, 0.1) is 0 Å². The third kappa shape index (κ3) is 4.80. The maximum absolute atomic E-state index is 6.13. The van der Waals surface area contributed by atoms with Gasteiger partial charge in [0, 0.05) is 51.3 Å². The molecule has 1 fully saturated rings. The molecule has 0 N–H and O–H groups in total. The highest BCUT2D eigenvalue weighted by molar-refractivity contribution is 6.29. The van der Waals surface area contributed by atoms with Crippen LogP contribution in [0.5, 0.6) is 0 Å². The van der Waals surface area contributed by atoms with Gasteiger partial charge in [-0.15, -0.1) is 0 Å². The van der Waals surface area contributed by atoms with Crippen LogP contribution in [0.2, 0.25) is 5.15 Å². The van der Waals surface area contributed by atoms with E-state index in [1.807, 2.05) is 6.07 Å². The zero-order chi connectivity index (χ0) is 15.4. The van der Waals surface area contributed by atoms with Gasteiger partial charge in [-0.2, -0.15) is 0 Å². The van der Waals surface area contributed by atoms with Crippen molar-refractivity contribution in [2.75, 3.05) is 58.3 Å². The molecule has 1 aromatic heterocycles. The zero-order valence-corrected chi connectivity index (χ0v) is 14.3. The molecule has 2 rings (SSSR count). The molecule has 0 saturated carbocycles. The maximum Gasteiger partial charge on any atom is 0.135 e. The summed E-state index contributed by atoms with van der Waals surface area (Å²) in [6, 6.07) is 1.88. The zero-order valence-electron chi connectivity index (χ0n) is 13.5. The van der Waals surface area contributed by atoms with E-state index in [1.54, 1.807) is 0 Å². The Hall–Kier alpha value is -0.910. The third-order valence-electron chi connectivity index (χ3n) is 3.77. The van der Waals surface area contributed by atoms with Crippen molar-refractivity contribution in [1.82, 2.24) is 19.8 Å². The lowest BCUT2D eigenvalue weighted by Crippen LogP contribution is -2.48. The van der Waals surface area contributed by atoms with Gasteiger partial charge < -0.3 is 9.80 Å². The molecule has 1 aliphatic rings. The minimum Gasteiger partial charge on any atom is -0.354 e. The van der Waals surface area contributed by atoms with Crippen molar-refractivity contribution in [2.24, 2.45) is 0 Å². The van der Waals surface area contributed by atoms with Gasteiger partial charge in [-0.3, -0.25) is 4.90 Å². The maximum atomic E-state index is 6.13. The monoisotopic (exact) mass is 311 g/mol. The van der Waals surface area contributed by atoms with Crippen molar-refractivity contribution in [3.05, 3.63) is 17.0 Å². The molecule has 0 atom stereocenters. The summed E-state index contributed by atoms with van der Waals surface area (Å²) >= 11 is 6.13. The molecule has 2 heterocycles. The molecule has 0 bridgehead atoms. The van der Waals surface area contributed by atoms with E-state index in [4.69, 9.17) is 11.6 Å². The average Bonchev–Trinajstić information content (AvgIpc) is 2.45. The number of halogens is 1. The molecule has 6 heteroatoms. The fraction of sp³-hybridized carbons (Fsp3) is 0.733. The van der Waals surface area contributed by atoms with Crippen LogP contribution in [0.4, 0.5) is 5.82 Å². The summed E-state index contributed by atoms with van der Waals surface area (Å²) in [5.74, 6) is 2.09. The summed E-state index contributed by atoms with van der Waals surface area (Å²) in [6.07, 6.45) is 0. The number of piperazine rings is 1. The Morgan fingerprint density at radius 2 is 1.86 bits per heavy atom. The molecule has 21 heavy (non-hydrogen) atoms. The van der Waals surface area contributed by atoms with Crippen LogP contribution in [0.3, 0.4) is 0 Å². The fourth-order valence-electron chi connectivity index (χ4n) is 2.39. The number of rotatable bonds is 5. The predicted molar refractivity (Wildman–Crippen MR) is 88.3 cm³/mol. The van der Waals surface area contributed by atoms with Crippen molar-refractivity contribution in [1.29, 1.82) is 0 Å². The quantitative estimate of drug-likeness (QED) is 0.777. The van der Waals surface area contributed by atoms with Gasteiger partial charge in [0.2, 0.25) is 0 Å². The van der Waals surface area contributed by atoms with E-state index in [-0.39, 0.29) is 0 Å². The van der Waals surface area contributed by atoms with E-state index in [9.17, 15) is 0 Å². The van der Waals surface area contributed by atoms with E-state index in [0.717, 1.165) is 50.9 Å². The minimum atomic E-state index is 0.295. The van der Waals surface area contributed by atoms with Gasteiger partial charge in [-0.1, -0.05) is 25.4 Å². The lowest BCUT2D eigenvalue weighted by molar-refractivity contribution is 0.229. The Bertz CT molecular complexity index is 455. The first kappa shape index (κ1) is 16.5. The molecule has 0 aliphatic carbocycles. The van der Waals surface area contributed by atoms with Crippen LogP contribution in [-0.4, -0.2) is 73.1 Å². The number of hydrogen-bond donors (Lipinski definition) is 0. The molecule has 0 aromatic carbocycles. The van der Waals surface area contributed by atoms with Crippen LogP contribution in [0.1, 0.15) is 25.6 Å². The average molecular weight is 312 g/mol. The first-order valence-electron chi connectivity index (χ1n) is 7.62. The van der Waals surface area contributed by atoms with E-state index < -0.39 is 0 Å². The Morgan fingerprint density at radius 3 is 2.43 bits per heavy atom. The van der Waals surface area contributed by atoms with Crippen LogP contribution < -0.4 is 4.90 Å². The normalized spacial score (nSPS) is 17.0. The molecule has 0 unspecified atom stereocenters. The van der Waals surface area contributed by atoms with Crippen molar-refractivity contribution in [3.63, 3.8) is 0 Å². The molecule has 0 radical (unpaired) electrons. The second kappa shape index (κ2) is 7.38. The highest BCUT2D eigenvalue weighted by Crippen LogP contribution is 2.21. The molecule has 5 nitrogen and oxygen atoms in total. The van der Waals surface area contributed by atoms with Crippen molar-refractivity contribution in [3.8, 4) is 0 Å². The van der Waals surface area contributed by atoms with Crippen LogP contribution >= 0.6 is 11.6 Å². The highest BCUT2D eigenvalue weighted by Gasteiger charge is 2.19. The lowest BCUT2D eigenvalue weighted by Gasteiger charge is -2.36. The summed E-state index contributed by atoms with van der Waals surface area (Å²) in [5.41, 5.74) is 0. The Balaban J connectivity index is 1.96. The van der Waals surface area contributed by atoms with Crippen molar-refractivity contribution >= 4 is 17.4 Å². The minimum absolute atomic E-state index is 0.295. The second-order valence-electron chi connectivity index (χ2n) is 6.19. The predicted octanol–water partition coefficient (Wildman–Crippen LogP) is 1.94. The molecule has 1 aliphatic heterocycles. The Morgan fingerprint density at radius 1 is 1.19 bits per heavy atom. The molecule has 0 amide bonds. The van der Waals surface area contributed by atoms with E-state index in [2.05, 4.69) is 52.6 Å². The van der Waals surface area contributed by atoms with Crippen LogP contribution in [0.25, 0.3) is 0 Å². The number of aromatic nitrogens is 2. The molecule has 1 saturated heterocycles. The molecule has 0 spiro atoms. The summed E-state index contributed by atoms with van der Waals surface area (Å²) in [6.45, 7) is 10.6. The standard InChI is InChI=1S/C15H26ClN5/c1-12(2)15-17-13(16)11-14(18-15)21-9-7-20(8-10-21)6-5-19(3)4/h11-12H,5-10H2,1-4H3. The van der Waals surface area contributed by atoms with E-state index in [1.165, 1.54) is 0 Å². The number of anilines is 1. The Labute approximate surface area is 132 Å². The summed E-state index contributed by atoms with van der Waals surface area (Å²) in [4.78, 5) is 16.0. The van der Waals surface area contributed by atoms with E-state index >= 15 is 0 Å². The smallest absolute Gasteiger partial charge is 0.135 e. The highest BCUT2D eigenvalue weighted by atomic mass is 35.5. The summed E-state index contributed by atoms with van der Waals surface area (Å²) in [7, 11) is 4.24. The number of likely N-dealkylation sites (N-methyl/N-ethyl adjacent to an activating group) is 1. The summed E-state index contributed by atoms with van der Waals surface area (Å²) < 4.78 is 0. The van der Waals surface area contributed by atoms with Gasteiger partial charge >= 0.3 is 0 Å². The van der Waals surface area contributed by atoms with Crippen LogP contribution in [-0.2, 0) is 0 Å². The van der Waals surface area contributed by atoms with Gasteiger partial charge in [-0.25, -0.2) is 9.97 Å². The molecule has 118 valence electrons. The van der Waals surface area contributed by atoms with Gasteiger partial charge in [0.25, 0.3) is 0 Å². The first-order chi connectivity index (χ1) is 9.95. The van der Waals surface area contributed by atoms with Crippen molar-refractivity contribution < 1.29 is 0 Å². The molecule has 1 aromatic rings.